The zero-order chi connectivity index (χ0) is 11.1. The second-order valence-electron chi connectivity index (χ2n) is 3.95. The lowest BCUT2D eigenvalue weighted by Gasteiger charge is -2.01. The third kappa shape index (κ3) is 1.34. The Kier molecular flexibility index (Phi) is 2.04. The van der Waals surface area contributed by atoms with E-state index in [1.54, 1.807) is 0 Å². The maximum Gasteiger partial charge on any atom is 0.114 e. The molecule has 80 valence electrons. The predicted octanol–water partition coefficient (Wildman–Crippen LogP) is 3.30. The number of hydrogen-bond donors (Lipinski definition) is 1. The van der Waals surface area contributed by atoms with E-state index in [9.17, 15) is 0 Å². The van der Waals surface area contributed by atoms with Crippen LogP contribution in [0.1, 0.15) is 11.3 Å². The van der Waals surface area contributed by atoms with Gasteiger partial charge in [-0.1, -0.05) is 12.1 Å². The fourth-order valence-corrected chi connectivity index (χ4v) is 2.49. The maximum atomic E-state index is 4.38. The van der Waals surface area contributed by atoms with Gasteiger partial charge in [0.15, 0.2) is 0 Å². The van der Waals surface area contributed by atoms with Gasteiger partial charge in [0.2, 0.25) is 0 Å². The molecule has 16 heavy (non-hydrogen) atoms. The number of H-pyrrole nitrogens is 1. The molecular formula is C12H11N3S. The molecule has 0 saturated heterocycles. The van der Waals surface area contributed by atoms with Crippen molar-refractivity contribution in [2.75, 3.05) is 0 Å². The Hall–Kier alpha value is -1.68. The number of aryl methyl sites for hydroxylation is 2. The number of aromatic nitrogens is 3. The van der Waals surface area contributed by atoms with E-state index in [0.29, 0.717) is 0 Å². The number of nitrogens with zero attached hydrogens (tertiary/aromatic N) is 2. The summed E-state index contributed by atoms with van der Waals surface area (Å²) < 4.78 is 8.70. The molecule has 1 N–H and O–H groups in total. The van der Waals surface area contributed by atoms with E-state index in [1.165, 1.54) is 17.3 Å². The standard InChI is InChI=1S/C12H11N3S/c1-7-3-5-9(10-6-4-8(2)13-10)12-11(7)14-16-15-12/h3-6,13H,1-2H3. The molecular weight excluding hydrogens is 218 g/mol. The van der Waals surface area contributed by atoms with Gasteiger partial charge < -0.3 is 4.98 Å². The van der Waals surface area contributed by atoms with Crippen LogP contribution in [0.25, 0.3) is 22.3 Å². The Morgan fingerprint density at radius 2 is 1.81 bits per heavy atom. The maximum absolute atomic E-state index is 4.38. The molecule has 0 aliphatic heterocycles. The van der Waals surface area contributed by atoms with Gasteiger partial charge in [0.25, 0.3) is 0 Å². The molecule has 0 fully saturated rings. The van der Waals surface area contributed by atoms with Crippen LogP contribution >= 0.6 is 11.7 Å². The van der Waals surface area contributed by atoms with Gasteiger partial charge in [-0.3, -0.25) is 0 Å². The average molecular weight is 229 g/mol. The first-order valence-corrected chi connectivity index (χ1v) is 5.86. The molecule has 2 heterocycles. The molecule has 0 radical (unpaired) electrons. The summed E-state index contributed by atoms with van der Waals surface area (Å²) in [6.07, 6.45) is 0. The molecule has 0 bridgehead atoms. The molecule has 0 aliphatic rings. The Morgan fingerprint density at radius 3 is 2.56 bits per heavy atom. The molecule has 0 aliphatic carbocycles. The average Bonchev–Trinajstić information content (AvgIpc) is 2.87. The number of aromatic amines is 1. The van der Waals surface area contributed by atoms with Crippen molar-refractivity contribution >= 4 is 22.8 Å². The summed E-state index contributed by atoms with van der Waals surface area (Å²) in [6.45, 7) is 4.11. The highest BCUT2D eigenvalue weighted by Gasteiger charge is 2.10. The molecule has 3 aromatic rings. The van der Waals surface area contributed by atoms with Crippen LogP contribution in [0.15, 0.2) is 24.3 Å². The molecule has 0 unspecified atom stereocenters. The largest absolute Gasteiger partial charge is 0.359 e. The highest BCUT2D eigenvalue weighted by Crippen LogP contribution is 2.28. The minimum absolute atomic E-state index is 0.992. The Bertz CT molecular complexity index is 651. The third-order valence-electron chi connectivity index (χ3n) is 2.74. The van der Waals surface area contributed by atoms with Crippen LogP contribution in [0.5, 0.6) is 0 Å². The van der Waals surface area contributed by atoms with Crippen LogP contribution in [0.2, 0.25) is 0 Å². The van der Waals surface area contributed by atoms with Gasteiger partial charge in [-0.15, -0.1) is 0 Å². The molecule has 2 aromatic heterocycles. The number of benzene rings is 1. The SMILES string of the molecule is Cc1ccc(-c2ccc(C)c3nsnc23)[nH]1. The lowest BCUT2D eigenvalue weighted by Crippen LogP contribution is -1.84. The third-order valence-corrected chi connectivity index (χ3v) is 3.27. The normalized spacial score (nSPS) is 11.1. The lowest BCUT2D eigenvalue weighted by atomic mass is 10.1. The van der Waals surface area contributed by atoms with Crippen molar-refractivity contribution in [2.45, 2.75) is 13.8 Å². The monoisotopic (exact) mass is 229 g/mol. The second-order valence-corrected chi connectivity index (χ2v) is 4.47. The first-order chi connectivity index (χ1) is 7.75. The van der Waals surface area contributed by atoms with E-state index in [1.807, 2.05) is 6.92 Å². The summed E-state index contributed by atoms with van der Waals surface area (Å²) in [7, 11) is 0. The molecule has 0 saturated carbocycles. The summed E-state index contributed by atoms with van der Waals surface area (Å²) in [5.74, 6) is 0. The van der Waals surface area contributed by atoms with Crippen LogP contribution in [0.3, 0.4) is 0 Å². The van der Waals surface area contributed by atoms with Gasteiger partial charge in [-0.2, -0.15) is 8.75 Å². The first-order valence-electron chi connectivity index (χ1n) is 5.13. The number of fused-ring (bicyclic) bond motifs is 1. The molecule has 1 aromatic carbocycles. The highest BCUT2D eigenvalue weighted by molar-refractivity contribution is 7.00. The van der Waals surface area contributed by atoms with Gasteiger partial charge in [0.05, 0.1) is 11.7 Å². The molecule has 0 amide bonds. The fraction of sp³-hybridized carbons (Fsp3) is 0.167. The van der Waals surface area contributed by atoms with Gasteiger partial charge >= 0.3 is 0 Å². The summed E-state index contributed by atoms with van der Waals surface area (Å²) in [6, 6.07) is 8.35. The zero-order valence-electron chi connectivity index (χ0n) is 9.11. The number of nitrogens with one attached hydrogen (secondary N) is 1. The summed E-state index contributed by atoms with van der Waals surface area (Å²) >= 11 is 1.27. The van der Waals surface area contributed by atoms with Gasteiger partial charge in [0.1, 0.15) is 11.0 Å². The highest BCUT2D eigenvalue weighted by atomic mass is 32.1. The van der Waals surface area contributed by atoms with Gasteiger partial charge in [-0.25, -0.2) is 0 Å². The van der Waals surface area contributed by atoms with E-state index in [4.69, 9.17) is 0 Å². The zero-order valence-corrected chi connectivity index (χ0v) is 9.93. The Balaban J connectivity index is 2.32. The fourth-order valence-electron chi connectivity index (χ4n) is 1.87. The lowest BCUT2D eigenvalue weighted by molar-refractivity contribution is 1.27. The van der Waals surface area contributed by atoms with Crippen molar-refractivity contribution in [3.05, 3.63) is 35.5 Å². The molecule has 3 rings (SSSR count). The van der Waals surface area contributed by atoms with Crippen molar-refractivity contribution in [1.82, 2.24) is 13.7 Å². The Morgan fingerprint density at radius 1 is 1.00 bits per heavy atom. The second kappa shape index (κ2) is 3.42. The molecule has 3 nitrogen and oxygen atoms in total. The topological polar surface area (TPSA) is 41.6 Å². The van der Waals surface area contributed by atoms with Crippen LogP contribution < -0.4 is 0 Å². The smallest absolute Gasteiger partial charge is 0.114 e. The predicted molar refractivity (Wildman–Crippen MR) is 66.7 cm³/mol. The van der Waals surface area contributed by atoms with Crippen molar-refractivity contribution in [2.24, 2.45) is 0 Å². The van der Waals surface area contributed by atoms with Crippen LogP contribution in [-0.2, 0) is 0 Å². The minimum atomic E-state index is 0.992. The summed E-state index contributed by atoms with van der Waals surface area (Å²) in [4.78, 5) is 3.33. The first kappa shape index (κ1) is 9.54. The summed E-state index contributed by atoms with van der Waals surface area (Å²) in [5, 5.41) is 0. The molecule has 0 atom stereocenters. The van der Waals surface area contributed by atoms with Crippen molar-refractivity contribution in [3.8, 4) is 11.3 Å². The molecule has 0 spiro atoms. The number of hydrogen-bond acceptors (Lipinski definition) is 3. The van der Waals surface area contributed by atoms with Gasteiger partial charge in [-0.05, 0) is 31.5 Å². The number of rotatable bonds is 1. The van der Waals surface area contributed by atoms with Crippen LogP contribution in [0.4, 0.5) is 0 Å². The minimum Gasteiger partial charge on any atom is -0.359 e. The summed E-state index contributed by atoms with van der Waals surface area (Å²) in [5.41, 5.74) is 6.57. The van der Waals surface area contributed by atoms with Gasteiger partial charge in [0, 0.05) is 17.0 Å². The van der Waals surface area contributed by atoms with Crippen molar-refractivity contribution < 1.29 is 0 Å². The van der Waals surface area contributed by atoms with E-state index in [-0.39, 0.29) is 0 Å². The van der Waals surface area contributed by atoms with E-state index in [0.717, 1.165) is 28.0 Å². The van der Waals surface area contributed by atoms with Crippen LogP contribution in [0, 0.1) is 13.8 Å². The van der Waals surface area contributed by atoms with Crippen molar-refractivity contribution in [1.29, 1.82) is 0 Å². The van der Waals surface area contributed by atoms with E-state index < -0.39 is 0 Å². The quantitative estimate of drug-likeness (QED) is 0.695. The van der Waals surface area contributed by atoms with E-state index in [2.05, 4.69) is 44.9 Å². The Labute approximate surface area is 97.5 Å². The van der Waals surface area contributed by atoms with E-state index >= 15 is 0 Å². The van der Waals surface area contributed by atoms with Crippen molar-refractivity contribution in [3.63, 3.8) is 0 Å². The van der Waals surface area contributed by atoms with Crippen LogP contribution in [-0.4, -0.2) is 13.7 Å². The molecule has 4 heteroatoms.